The second kappa shape index (κ2) is 8.27. The number of carbonyl (C=O) groups excluding carboxylic acids is 2. The smallest absolute Gasteiger partial charge is 0.416 e. The number of alkyl halides is 3. The van der Waals surface area contributed by atoms with Gasteiger partial charge in [0.1, 0.15) is 10.6 Å². The van der Waals surface area contributed by atoms with Gasteiger partial charge in [-0.25, -0.2) is 5.84 Å². The van der Waals surface area contributed by atoms with Gasteiger partial charge in [-0.3, -0.25) is 15.0 Å². The lowest BCUT2D eigenvalue weighted by molar-refractivity contribution is -0.137. The van der Waals surface area contributed by atoms with Gasteiger partial charge in [-0.15, -0.1) is 11.3 Å². The molecule has 11 heteroatoms. The summed E-state index contributed by atoms with van der Waals surface area (Å²) in [6, 6.07) is 9.06. The molecule has 1 aromatic heterocycles. The molecular weight excluding hydrogens is 431 g/mol. The van der Waals surface area contributed by atoms with Crippen LogP contribution in [0.2, 0.25) is 5.02 Å². The van der Waals surface area contributed by atoms with E-state index in [0.29, 0.717) is 15.8 Å². The Morgan fingerprint density at radius 1 is 1.17 bits per heavy atom. The molecule has 4 N–H and O–H groups in total. The van der Waals surface area contributed by atoms with Gasteiger partial charge in [0.15, 0.2) is 6.61 Å². The lowest BCUT2D eigenvalue weighted by Gasteiger charge is -2.10. The van der Waals surface area contributed by atoms with Crippen LogP contribution in [0.15, 0.2) is 42.5 Å². The van der Waals surface area contributed by atoms with Crippen LogP contribution in [0.1, 0.15) is 15.2 Å². The SMILES string of the molecule is NNC(=O)c1sc2cc(OCC(=O)Nc3cccc(C(F)(F)F)c3)ccc2c1Cl. The van der Waals surface area contributed by atoms with Gasteiger partial charge in [-0.1, -0.05) is 17.7 Å². The standard InChI is InChI=1S/C18H13ClF3N3O3S/c19-15-12-5-4-11(7-13(12)29-16(15)17(27)25-23)28-8-14(26)24-10-3-1-2-9(6-10)18(20,21)22/h1-7H,8,23H2,(H,24,26)(H,25,27). The second-order valence-electron chi connectivity index (χ2n) is 5.79. The number of halogens is 4. The fourth-order valence-corrected chi connectivity index (χ4v) is 3.91. The maximum atomic E-state index is 12.7. The number of nitrogens with one attached hydrogen (secondary N) is 2. The fraction of sp³-hybridized carbons (Fsp3) is 0.111. The van der Waals surface area contributed by atoms with Crippen LogP contribution >= 0.6 is 22.9 Å². The second-order valence-corrected chi connectivity index (χ2v) is 7.22. The summed E-state index contributed by atoms with van der Waals surface area (Å²) in [5, 5.41) is 3.22. The number of anilines is 1. The first kappa shape index (κ1) is 20.9. The van der Waals surface area contributed by atoms with Crippen molar-refractivity contribution in [3.63, 3.8) is 0 Å². The van der Waals surface area contributed by atoms with Gasteiger partial charge in [0.25, 0.3) is 11.8 Å². The zero-order valence-corrected chi connectivity index (χ0v) is 16.0. The van der Waals surface area contributed by atoms with E-state index in [0.717, 1.165) is 23.5 Å². The summed E-state index contributed by atoms with van der Waals surface area (Å²) in [4.78, 5) is 23.9. The van der Waals surface area contributed by atoms with E-state index in [2.05, 4.69) is 5.32 Å². The summed E-state index contributed by atoms with van der Waals surface area (Å²) < 4.78 is 44.2. The zero-order valence-electron chi connectivity index (χ0n) is 14.5. The number of thiophene rings is 1. The van der Waals surface area contributed by atoms with Crippen molar-refractivity contribution in [3.05, 3.63) is 57.9 Å². The minimum atomic E-state index is -4.51. The topological polar surface area (TPSA) is 93.4 Å². The number of hydrogen-bond acceptors (Lipinski definition) is 5. The fourth-order valence-electron chi connectivity index (χ4n) is 2.47. The normalized spacial score (nSPS) is 11.3. The average molecular weight is 444 g/mol. The van der Waals surface area contributed by atoms with E-state index < -0.39 is 30.2 Å². The molecule has 0 unspecified atom stereocenters. The van der Waals surface area contributed by atoms with Gasteiger partial charge < -0.3 is 10.1 Å². The Labute approximate surface area is 171 Å². The highest BCUT2D eigenvalue weighted by atomic mass is 35.5. The number of hydrogen-bond donors (Lipinski definition) is 3. The Morgan fingerprint density at radius 3 is 2.62 bits per heavy atom. The minimum absolute atomic E-state index is 0.00588. The first-order valence-corrected chi connectivity index (χ1v) is 9.21. The molecular formula is C18H13ClF3N3O3S. The Bertz CT molecular complexity index is 1090. The number of carbonyl (C=O) groups is 2. The third-order valence-electron chi connectivity index (χ3n) is 3.78. The van der Waals surface area contributed by atoms with E-state index >= 15 is 0 Å². The first-order chi connectivity index (χ1) is 13.7. The molecule has 0 atom stereocenters. The first-order valence-electron chi connectivity index (χ1n) is 8.02. The molecule has 0 spiro atoms. The summed E-state index contributed by atoms with van der Waals surface area (Å²) in [6.07, 6.45) is -4.51. The van der Waals surface area contributed by atoms with E-state index in [1.54, 1.807) is 18.2 Å². The largest absolute Gasteiger partial charge is 0.484 e. The van der Waals surface area contributed by atoms with Crippen LogP contribution in [0.5, 0.6) is 5.75 Å². The number of benzene rings is 2. The molecule has 3 rings (SSSR count). The molecule has 0 aliphatic rings. The van der Waals surface area contributed by atoms with Crippen molar-refractivity contribution in [3.8, 4) is 5.75 Å². The zero-order chi connectivity index (χ0) is 21.2. The van der Waals surface area contributed by atoms with E-state index in [1.165, 1.54) is 12.1 Å². The number of nitrogens with two attached hydrogens (primary N) is 1. The monoisotopic (exact) mass is 443 g/mol. The number of amides is 2. The van der Waals surface area contributed by atoms with Crippen LogP contribution < -0.4 is 21.3 Å². The molecule has 0 saturated heterocycles. The van der Waals surface area contributed by atoms with Gasteiger partial charge in [-0.05, 0) is 36.4 Å². The number of fused-ring (bicyclic) bond motifs is 1. The van der Waals surface area contributed by atoms with Crippen LogP contribution in [0.3, 0.4) is 0 Å². The van der Waals surface area contributed by atoms with Crippen molar-refractivity contribution in [2.45, 2.75) is 6.18 Å². The summed E-state index contributed by atoms with van der Waals surface area (Å²) in [5.41, 5.74) is 1.15. The number of nitrogen functional groups attached to an aromatic ring is 1. The maximum absolute atomic E-state index is 12.7. The summed E-state index contributed by atoms with van der Waals surface area (Å²) in [6.45, 7) is -0.420. The van der Waals surface area contributed by atoms with Gasteiger partial charge in [0.05, 0.1) is 10.6 Å². The molecule has 0 fully saturated rings. The Kier molecular flexibility index (Phi) is 5.96. The molecule has 152 valence electrons. The van der Waals surface area contributed by atoms with Crippen molar-refractivity contribution < 1.29 is 27.5 Å². The predicted molar refractivity (Wildman–Crippen MR) is 104 cm³/mol. The molecule has 2 aromatic carbocycles. The van der Waals surface area contributed by atoms with Crippen LogP contribution in [-0.2, 0) is 11.0 Å². The molecule has 1 heterocycles. The van der Waals surface area contributed by atoms with Crippen molar-refractivity contribution in [2.75, 3.05) is 11.9 Å². The molecule has 2 amide bonds. The molecule has 29 heavy (non-hydrogen) atoms. The maximum Gasteiger partial charge on any atom is 0.416 e. The van der Waals surface area contributed by atoms with Crippen LogP contribution in [0.25, 0.3) is 10.1 Å². The third kappa shape index (κ3) is 4.78. The minimum Gasteiger partial charge on any atom is -0.484 e. The van der Waals surface area contributed by atoms with E-state index in [1.807, 2.05) is 5.43 Å². The molecule has 0 aliphatic heterocycles. The quantitative estimate of drug-likeness (QED) is 0.313. The van der Waals surface area contributed by atoms with Gasteiger partial charge >= 0.3 is 6.18 Å². The van der Waals surface area contributed by atoms with E-state index in [4.69, 9.17) is 22.2 Å². The summed E-state index contributed by atoms with van der Waals surface area (Å²) in [5.74, 6) is 4.29. The molecule has 0 radical (unpaired) electrons. The number of rotatable bonds is 5. The van der Waals surface area contributed by atoms with Crippen molar-refractivity contribution in [1.82, 2.24) is 5.43 Å². The van der Waals surface area contributed by atoms with Crippen LogP contribution in [0.4, 0.5) is 18.9 Å². The lowest BCUT2D eigenvalue weighted by atomic mass is 10.2. The number of ether oxygens (including phenoxy) is 1. The Balaban J connectivity index is 1.67. The van der Waals surface area contributed by atoms with Crippen molar-refractivity contribution >= 4 is 50.5 Å². The van der Waals surface area contributed by atoms with Gasteiger partial charge in [0, 0.05) is 15.8 Å². The predicted octanol–water partition coefficient (Wildman–Crippen LogP) is 4.19. The Morgan fingerprint density at radius 2 is 1.93 bits per heavy atom. The van der Waals surface area contributed by atoms with Crippen molar-refractivity contribution in [1.29, 1.82) is 0 Å². The lowest BCUT2D eigenvalue weighted by Crippen LogP contribution is -2.29. The highest BCUT2D eigenvalue weighted by Gasteiger charge is 2.30. The van der Waals surface area contributed by atoms with Crippen LogP contribution in [-0.4, -0.2) is 18.4 Å². The third-order valence-corrected chi connectivity index (χ3v) is 5.44. The molecule has 6 nitrogen and oxygen atoms in total. The highest BCUT2D eigenvalue weighted by molar-refractivity contribution is 7.21. The van der Waals surface area contributed by atoms with Gasteiger partial charge in [-0.2, -0.15) is 13.2 Å². The van der Waals surface area contributed by atoms with E-state index in [-0.39, 0.29) is 15.6 Å². The molecule has 3 aromatic rings. The van der Waals surface area contributed by atoms with Crippen LogP contribution in [0, 0.1) is 0 Å². The molecule has 0 aliphatic carbocycles. The number of hydrazine groups is 1. The van der Waals surface area contributed by atoms with Gasteiger partial charge in [0.2, 0.25) is 0 Å². The Hall–Kier alpha value is -2.82. The average Bonchev–Trinajstić information content (AvgIpc) is 3.01. The summed E-state index contributed by atoms with van der Waals surface area (Å²) in [7, 11) is 0. The van der Waals surface area contributed by atoms with Crippen molar-refractivity contribution in [2.24, 2.45) is 5.84 Å². The highest BCUT2D eigenvalue weighted by Crippen LogP contribution is 2.37. The summed E-state index contributed by atoms with van der Waals surface area (Å²) >= 11 is 7.26. The molecule has 0 bridgehead atoms. The molecule has 0 saturated carbocycles. The van der Waals surface area contributed by atoms with E-state index in [9.17, 15) is 22.8 Å².